The Morgan fingerprint density at radius 2 is 2.00 bits per heavy atom. The molecule has 0 aliphatic rings. The van der Waals surface area contributed by atoms with E-state index in [1.807, 2.05) is 0 Å². The molecule has 0 radical (unpaired) electrons. The molecule has 106 valence electrons. The van der Waals surface area contributed by atoms with E-state index in [1.54, 1.807) is 0 Å². The summed E-state index contributed by atoms with van der Waals surface area (Å²) in [5.41, 5.74) is 4.24. The molecular formula is C10H6F4N4O2. The predicted octanol–water partition coefficient (Wildman–Crippen LogP) is 1.61. The Kier molecular flexibility index (Phi) is 3.30. The van der Waals surface area contributed by atoms with Gasteiger partial charge in [-0.1, -0.05) is 0 Å². The summed E-state index contributed by atoms with van der Waals surface area (Å²) in [4.78, 5) is 11.0. The van der Waals surface area contributed by atoms with Gasteiger partial charge < -0.3 is 10.5 Å². The Labute approximate surface area is 108 Å². The Balaban J connectivity index is 2.39. The fraction of sp³-hybridized carbons (Fsp3) is 0.100. The zero-order chi connectivity index (χ0) is 14.9. The zero-order valence-electron chi connectivity index (χ0n) is 9.53. The fourth-order valence-corrected chi connectivity index (χ4v) is 1.48. The molecule has 0 unspecified atom stereocenters. The molecule has 10 heteroatoms. The number of aromatic nitrogens is 3. The van der Waals surface area contributed by atoms with Gasteiger partial charge in [-0.15, -0.1) is 13.2 Å². The molecule has 1 heterocycles. The second kappa shape index (κ2) is 4.79. The van der Waals surface area contributed by atoms with E-state index < -0.39 is 23.8 Å². The van der Waals surface area contributed by atoms with Gasteiger partial charge in [-0.25, -0.2) is 4.39 Å². The summed E-state index contributed by atoms with van der Waals surface area (Å²) in [6, 6.07) is 2.37. The van der Waals surface area contributed by atoms with Gasteiger partial charge in [0.25, 0.3) is 5.91 Å². The number of nitrogens with two attached hydrogens (primary N) is 1. The van der Waals surface area contributed by atoms with Crippen molar-refractivity contribution < 1.29 is 27.1 Å². The third kappa shape index (κ3) is 2.84. The number of nitrogens with zero attached hydrogens (tertiary/aromatic N) is 2. The highest BCUT2D eigenvalue weighted by Gasteiger charge is 2.31. The molecule has 20 heavy (non-hydrogen) atoms. The maximum Gasteiger partial charge on any atom is 0.573 e. The first-order valence-electron chi connectivity index (χ1n) is 5.04. The lowest BCUT2D eigenvalue weighted by Gasteiger charge is -2.09. The molecule has 0 spiro atoms. The van der Waals surface area contributed by atoms with Crippen LogP contribution in [0.4, 0.5) is 17.6 Å². The average Bonchev–Trinajstić information content (AvgIpc) is 2.75. The standard InChI is InChI=1S/C10H6F4N4O2/c11-6-3-4(20-10(12,13)14)1-2-5(6)7-8(9(15)19)17-18-16-7/h1-3H,(H2,15,19)(H,16,17,18). The lowest BCUT2D eigenvalue weighted by atomic mass is 10.1. The van der Waals surface area contributed by atoms with Crippen LogP contribution in [0.3, 0.4) is 0 Å². The lowest BCUT2D eigenvalue weighted by molar-refractivity contribution is -0.274. The molecule has 2 rings (SSSR count). The summed E-state index contributed by atoms with van der Waals surface area (Å²) >= 11 is 0. The van der Waals surface area contributed by atoms with Crippen LogP contribution in [-0.2, 0) is 0 Å². The van der Waals surface area contributed by atoms with Crippen LogP contribution >= 0.6 is 0 Å². The smallest absolute Gasteiger partial charge is 0.406 e. The Morgan fingerprint density at radius 3 is 2.55 bits per heavy atom. The maximum atomic E-state index is 13.8. The highest BCUT2D eigenvalue weighted by atomic mass is 19.4. The van der Waals surface area contributed by atoms with Crippen molar-refractivity contribution in [3.8, 4) is 17.0 Å². The molecule has 1 aromatic heterocycles. The van der Waals surface area contributed by atoms with E-state index in [0.29, 0.717) is 6.07 Å². The Hall–Kier alpha value is -2.65. The molecule has 0 aliphatic heterocycles. The van der Waals surface area contributed by atoms with E-state index in [4.69, 9.17) is 5.73 Å². The molecular weight excluding hydrogens is 284 g/mol. The quantitative estimate of drug-likeness (QED) is 0.840. The summed E-state index contributed by atoms with van der Waals surface area (Å²) in [6.07, 6.45) is -4.93. The number of halogens is 4. The van der Waals surface area contributed by atoms with Crippen LogP contribution in [0.15, 0.2) is 18.2 Å². The number of hydrogen-bond acceptors (Lipinski definition) is 4. The van der Waals surface area contributed by atoms with Crippen molar-refractivity contribution in [3.63, 3.8) is 0 Å². The topological polar surface area (TPSA) is 93.9 Å². The van der Waals surface area contributed by atoms with Crippen molar-refractivity contribution in [3.05, 3.63) is 29.7 Å². The van der Waals surface area contributed by atoms with Gasteiger partial charge in [0.1, 0.15) is 17.3 Å². The number of ether oxygens (including phenoxy) is 1. The number of carbonyl (C=O) groups excluding carboxylic acids is 1. The van der Waals surface area contributed by atoms with E-state index in [0.717, 1.165) is 12.1 Å². The minimum atomic E-state index is -4.93. The van der Waals surface area contributed by atoms with Crippen LogP contribution in [0, 0.1) is 5.82 Å². The van der Waals surface area contributed by atoms with Gasteiger partial charge in [-0.3, -0.25) is 4.79 Å². The van der Waals surface area contributed by atoms with Crippen molar-refractivity contribution >= 4 is 5.91 Å². The number of carbonyl (C=O) groups is 1. The number of benzene rings is 1. The third-order valence-electron chi connectivity index (χ3n) is 2.21. The van der Waals surface area contributed by atoms with Gasteiger partial charge >= 0.3 is 6.36 Å². The molecule has 0 bridgehead atoms. The van der Waals surface area contributed by atoms with Crippen molar-refractivity contribution in [2.75, 3.05) is 0 Å². The van der Waals surface area contributed by atoms with Gasteiger partial charge in [0.2, 0.25) is 0 Å². The van der Waals surface area contributed by atoms with Crippen LogP contribution in [0.2, 0.25) is 0 Å². The van der Waals surface area contributed by atoms with Gasteiger partial charge in [-0.2, -0.15) is 15.4 Å². The summed E-state index contributed by atoms with van der Waals surface area (Å²) < 4.78 is 53.3. The van der Waals surface area contributed by atoms with Gasteiger partial charge in [0.15, 0.2) is 5.69 Å². The molecule has 3 N–H and O–H groups in total. The fourth-order valence-electron chi connectivity index (χ4n) is 1.48. The van der Waals surface area contributed by atoms with Crippen molar-refractivity contribution in [2.24, 2.45) is 5.73 Å². The number of H-pyrrole nitrogens is 1. The summed E-state index contributed by atoms with van der Waals surface area (Å²) in [5.74, 6) is -2.75. The van der Waals surface area contributed by atoms with Gasteiger partial charge in [0, 0.05) is 11.6 Å². The average molecular weight is 290 g/mol. The zero-order valence-corrected chi connectivity index (χ0v) is 9.53. The van der Waals surface area contributed by atoms with E-state index in [9.17, 15) is 22.4 Å². The molecule has 1 aromatic carbocycles. The van der Waals surface area contributed by atoms with Crippen LogP contribution in [-0.4, -0.2) is 27.7 Å². The predicted molar refractivity (Wildman–Crippen MR) is 57.0 cm³/mol. The second-order valence-electron chi connectivity index (χ2n) is 3.57. The number of primary amides is 1. The molecule has 0 saturated heterocycles. The number of rotatable bonds is 3. The number of amides is 1. The molecule has 0 atom stereocenters. The minimum absolute atomic E-state index is 0.200. The van der Waals surface area contributed by atoms with Gasteiger partial charge in [-0.05, 0) is 12.1 Å². The van der Waals surface area contributed by atoms with Crippen molar-refractivity contribution in [1.29, 1.82) is 0 Å². The summed E-state index contributed by atoms with van der Waals surface area (Å²) in [5, 5.41) is 9.04. The Morgan fingerprint density at radius 1 is 1.30 bits per heavy atom. The lowest BCUT2D eigenvalue weighted by Crippen LogP contribution is -2.17. The maximum absolute atomic E-state index is 13.8. The second-order valence-corrected chi connectivity index (χ2v) is 3.57. The van der Waals surface area contributed by atoms with E-state index in [-0.39, 0.29) is 17.0 Å². The molecule has 1 amide bonds. The van der Waals surface area contributed by atoms with Gasteiger partial charge in [0.05, 0.1) is 0 Å². The van der Waals surface area contributed by atoms with Crippen LogP contribution in [0.1, 0.15) is 10.5 Å². The SMILES string of the molecule is NC(=O)c1n[nH]nc1-c1ccc(OC(F)(F)F)cc1F. The first-order chi connectivity index (χ1) is 9.28. The molecule has 0 aliphatic carbocycles. The molecule has 0 fully saturated rings. The number of aromatic amines is 1. The van der Waals surface area contributed by atoms with E-state index in [2.05, 4.69) is 20.1 Å². The van der Waals surface area contributed by atoms with Crippen LogP contribution in [0.25, 0.3) is 11.3 Å². The van der Waals surface area contributed by atoms with E-state index >= 15 is 0 Å². The molecule has 6 nitrogen and oxygen atoms in total. The summed E-state index contributed by atoms with van der Waals surface area (Å²) in [7, 11) is 0. The number of hydrogen-bond donors (Lipinski definition) is 2. The van der Waals surface area contributed by atoms with Crippen molar-refractivity contribution in [1.82, 2.24) is 15.4 Å². The Bertz CT molecular complexity index is 653. The van der Waals surface area contributed by atoms with E-state index in [1.165, 1.54) is 0 Å². The normalized spacial score (nSPS) is 11.4. The highest BCUT2D eigenvalue weighted by Crippen LogP contribution is 2.29. The van der Waals surface area contributed by atoms with Crippen LogP contribution in [0.5, 0.6) is 5.75 Å². The number of alkyl halides is 3. The third-order valence-corrected chi connectivity index (χ3v) is 2.21. The first kappa shape index (κ1) is 13.8. The van der Waals surface area contributed by atoms with Crippen LogP contribution < -0.4 is 10.5 Å². The van der Waals surface area contributed by atoms with Crippen molar-refractivity contribution in [2.45, 2.75) is 6.36 Å². The summed E-state index contributed by atoms with van der Waals surface area (Å²) in [6.45, 7) is 0. The monoisotopic (exact) mass is 290 g/mol. The minimum Gasteiger partial charge on any atom is -0.406 e. The number of nitrogens with one attached hydrogen (secondary N) is 1. The largest absolute Gasteiger partial charge is 0.573 e. The molecule has 2 aromatic rings. The first-order valence-corrected chi connectivity index (χ1v) is 5.04. The molecule has 0 saturated carbocycles. The highest BCUT2D eigenvalue weighted by molar-refractivity contribution is 5.96.